The monoisotopic (exact) mass is 630 g/mol. The van der Waals surface area contributed by atoms with Gasteiger partial charge in [-0.2, -0.15) is 9.97 Å². The van der Waals surface area contributed by atoms with Crippen molar-refractivity contribution in [2.24, 2.45) is 0 Å². The van der Waals surface area contributed by atoms with E-state index < -0.39 is 0 Å². The fourth-order valence-electron chi connectivity index (χ4n) is 7.31. The molecule has 0 amide bonds. The average Bonchev–Trinajstić information content (AvgIpc) is 3.85. The molecule has 8 nitrogen and oxygen atoms in total. The molecule has 0 spiro atoms. The van der Waals surface area contributed by atoms with Crippen LogP contribution in [0, 0.1) is 0 Å². The molecule has 0 aliphatic rings. The van der Waals surface area contributed by atoms with Gasteiger partial charge in [0.15, 0.2) is 22.8 Å². The summed E-state index contributed by atoms with van der Waals surface area (Å²) in [7, 11) is 0. The Labute approximate surface area is 276 Å². The molecule has 0 bridgehead atoms. The first kappa shape index (κ1) is 26.2. The molecule has 0 saturated carbocycles. The minimum atomic E-state index is 0.504. The highest BCUT2D eigenvalue weighted by Crippen LogP contribution is 2.48. The van der Waals surface area contributed by atoms with E-state index in [9.17, 15) is 0 Å². The van der Waals surface area contributed by atoms with Gasteiger partial charge in [-0.25, -0.2) is 4.98 Å². The molecule has 228 valence electrons. The van der Waals surface area contributed by atoms with Gasteiger partial charge in [-0.1, -0.05) is 78.9 Å². The van der Waals surface area contributed by atoms with E-state index >= 15 is 0 Å². The maximum absolute atomic E-state index is 6.77. The fraction of sp³-hybridized carbons (Fsp3) is 0. The second-order valence-corrected chi connectivity index (χ2v) is 12.1. The summed E-state index contributed by atoms with van der Waals surface area (Å²) in [6.07, 6.45) is 3.61. The van der Waals surface area contributed by atoms with Crippen molar-refractivity contribution >= 4 is 76.7 Å². The van der Waals surface area contributed by atoms with E-state index in [1.807, 2.05) is 103 Å². The van der Waals surface area contributed by atoms with Crippen molar-refractivity contribution in [3.05, 3.63) is 134 Å². The van der Waals surface area contributed by atoms with Crippen molar-refractivity contribution in [1.82, 2.24) is 29.5 Å². The van der Waals surface area contributed by atoms with Crippen molar-refractivity contribution in [3.63, 3.8) is 0 Å². The molecular formula is C41H22N6O2. The van der Waals surface area contributed by atoms with Gasteiger partial charge in [-0.3, -0.25) is 14.5 Å². The van der Waals surface area contributed by atoms with Gasteiger partial charge in [-0.15, -0.1) is 0 Å². The number of aromatic nitrogens is 6. The van der Waals surface area contributed by atoms with Crippen LogP contribution >= 0.6 is 0 Å². The molecule has 0 unspecified atom stereocenters. The van der Waals surface area contributed by atoms with Crippen LogP contribution in [0.5, 0.6) is 0 Å². The lowest BCUT2D eigenvalue weighted by molar-refractivity contribution is 0.668. The predicted octanol–water partition coefficient (Wildman–Crippen LogP) is 10.0. The molecule has 0 aliphatic carbocycles. The highest BCUT2D eigenvalue weighted by molar-refractivity contribution is 6.40. The molecule has 0 aliphatic heterocycles. The number of rotatable bonds is 3. The second-order valence-electron chi connectivity index (χ2n) is 12.1. The fourth-order valence-corrected chi connectivity index (χ4v) is 7.31. The second kappa shape index (κ2) is 9.79. The number of para-hydroxylation sites is 1. The Kier molecular flexibility index (Phi) is 5.23. The van der Waals surface area contributed by atoms with Gasteiger partial charge in [0.25, 0.3) is 0 Å². The molecule has 6 aromatic heterocycles. The van der Waals surface area contributed by atoms with E-state index in [1.54, 1.807) is 6.20 Å². The molecule has 0 radical (unpaired) electrons. The lowest BCUT2D eigenvalue weighted by Gasteiger charge is -2.12. The SMILES string of the molecule is c1ccc(-c2nc(-c3ccccc3)nc(-n3c4ccccc4c4c5oc6cccnc6c5c5c(ccc6oc7cccnc7c65)c43)n2)cc1. The Morgan fingerprint density at radius 3 is 1.80 bits per heavy atom. The number of hydrogen-bond acceptors (Lipinski definition) is 7. The quantitative estimate of drug-likeness (QED) is 0.192. The van der Waals surface area contributed by atoms with Crippen LogP contribution in [0.1, 0.15) is 0 Å². The summed E-state index contributed by atoms with van der Waals surface area (Å²) in [5, 5.41) is 5.75. The molecule has 6 heterocycles. The van der Waals surface area contributed by atoms with E-state index in [2.05, 4.69) is 28.8 Å². The highest BCUT2D eigenvalue weighted by Gasteiger charge is 2.27. The molecule has 49 heavy (non-hydrogen) atoms. The molecule has 0 N–H and O–H groups in total. The number of fused-ring (bicyclic) bond motifs is 14. The number of furan rings is 2. The molecule has 0 saturated heterocycles. The van der Waals surface area contributed by atoms with Crippen molar-refractivity contribution in [2.75, 3.05) is 0 Å². The Bertz CT molecular complexity index is 3050. The number of benzene rings is 5. The molecule has 11 rings (SSSR count). The third-order valence-electron chi connectivity index (χ3n) is 9.34. The molecule has 5 aromatic carbocycles. The van der Waals surface area contributed by atoms with Crippen LogP contribution in [0.3, 0.4) is 0 Å². The van der Waals surface area contributed by atoms with Crippen LogP contribution in [0.15, 0.2) is 143 Å². The number of pyridine rings is 2. The van der Waals surface area contributed by atoms with Crippen molar-refractivity contribution in [1.29, 1.82) is 0 Å². The smallest absolute Gasteiger partial charge is 0.238 e. The summed E-state index contributed by atoms with van der Waals surface area (Å²) in [4.78, 5) is 25.0. The van der Waals surface area contributed by atoms with E-state index in [0.717, 1.165) is 82.3 Å². The minimum Gasteiger partial charge on any atom is -0.454 e. The van der Waals surface area contributed by atoms with Gasteiger partial charge in [0.2, 0.25) is 5.95 Å². The predicted molar refractivity (Wildman–Crippen MR) is 193 cm³/mol. The zero-order valence-electron chi connectivity index (χ0n) is 25.7. The van der Waals surface area contributed by atoms with Crippen LogP contribution in [-0.2, 0) is 0 Å². The maximum atomic E-state index is 6.77. The lowest BCUT2D eigenvalue weighted by atomic mass is 9.97. The third kappa shape index (κ3) is 3.65. The Morgan fingerprint density at radius 2 is 1.08 bits per heavy atom. The first-order valence-electron chi connectivity index (χ1n) is 16.0. The van der Waals surface area contributed by atoms with Gasteiger partial charge >= 0.3 is 0 Å². The van der Waals surface area contributed by atoms with Gasteiger partial charge in [0, 0.05) is 39.7 Å². The van der Waals surface area contributed by atoms with Crippen LogP contribution in [0.2, 0.25) is 0 Å². The first-order chi connectivity index (χ1) is 24.3. The third-order valence-corrected chi connectivity index (χ3v) is 9.34. The molecule has 11 aromatic rings. The molecule has 8 heteroatoms. The zero-order chi connectivity index (χ0) is 32.1. The van der Waals surface area contributed by atoms with Crippen molar-refractivity contribution in [2.45, 2.75) is 0 Å². The summed E-state index contributed by atoms with van der Waals surface area (Å²) in [5.41, 5.74) is 8.15. The van der Waals surface area contributed by atoms with Gasteiger partial charge in [0.05, 0.1) is 27.2 Å². The van der Waals surface area contributed by atoms with Crippen molar-refractivity contribution < 1.29 is 8.83 Å². The number of nitrogens with zero attached hydrogens (tertiary/aromatic N) is 6. The topological polar surface area (TPSA) is 95.7 Å². The Morgan fingerprint density at radius 1 is 0.449 bits per heavy atom. The van der Waals surface area contributed by atoms with Gasteiger partial charge in [-0.05, 0) is 42.5 Å². The normalized spacial score (nSPS) is 12.1. The van der Waals surface area contributed by atoms with Crippen LogP contribution < -0.4 is 0 Å². The van der Waals surface area contributed by atoms with E-state index in [-0.39, 0.29) is 0 Å². The summed E-state index contributed by atoms with van der Waals surface area (Å²) >= 11 is 0. The first-order valence-corrected chi connectivity index (χ1v) is 16.0. The molecular weight excluding hydrogens is 608 g/mol. The highest BCUT2D eigenvalue weighted by atomic mass is 16.3. The lowest BCUT2D eigenvalue weighted by Crippen LogP contribution is -2.06. The standard InChI is InChI=1S/C41H22N6O2/c1-3-11-23(12-4-1)39-44-40(24-13-5-2-6-14-24)46-41(45-39)47-27-16-8-7-15-25(27)32-37(47)26-19-20-28-33(35-29(48-28)17-9-21-42-35)31(26)34-36-30(49-38(32)34)18-10-22-43-36/h1-22H. The van der Waals surface area contributed by atoms with Crippen molar-refractivity contribution in [3.8, 4) is 28.7 Å². The molecule has 0 atom stereocenters. The van der Waals surface area contributed by atoms with Crippen LogP contribution in [0.25, 0.3) is 105 Å². The maximum Gasteiger partial charge on any atom is 0.238 e. The van der Waals surface area contributed by atoms with E-state index in [4.69, 9.17) is 33.8 Å². The molecule has 0 fully saturated rings. The minimum absolute atomic E-state index is 0.504. The van der Waals surface area contributed by atoms with Crippen LogP contribution in [0.4, 0.5) is 0 Å². The average molecular weight is 631 g/mol. The number of hydrogen-bond donors (Lipinski definition) is 0. The zero-order valence-corrected chi connectivity index (χ0v) is 25.7. The summed E-state index contributed by atoms with van der Waals surface area (Å²) in [6.45, 7) is 0. The van der Waals surface area contributed by atoms with Gasteiger partial charge in [0.1, 0.15) is 22.2 Å². The van der Waals surface area contributed by atoms with Crippen LogP contribution in [-0.4, -0.2) is 29.5 Å². The largest absolute Gasteiger partial charge is 0.454 e. The van der Waals surface area contributed by atoms with Gasteiger partial charge < -0.3 is 8.83 Å². The summed E-state index contributed by atoms with van der Waals surface area (Å²) < 4.78 is 15.3. The Hall–Kier alpha value is -6.93. The van der Waals surface area contributed by atoms with E-state index in [0.29, 0.717) is 23.2 Å². The summed E-state index contributed by atoms with van der Waals surface area (Å²) in [5.74, 6) is 1.67. The Balaban J connectivity index is 1.39. The van der Waals surface area contributed by atoms with E-state index in [1.165, 1.54) is 0 Å². The summed E-state index contributed by atoms with van der Waals surface area (Å²) in [6, 6.07) is 40.2.